The molecule has 0 radical (unpaired) electrons. The van der Waals surface area contributed by atoms with Crippen LogP contribution in [0.1, 0.15) is 38.5 Å². The zero-order valence-electron chi connectivity index (χ0n) is 10.8. The minimum absolute atomic E-state index is 0. The van der Waals surface area contributed by atoms with E-state index >= 15 is 0 Å². The summed E-state index contributed by atoms with van der Waals surface area (Å²) in [6.45, 7) is 4.91. The molecular weight excluding hydrogens is 236 g/mol. The largest absolute Gasteiger partial charge is 0.342 e. The predicted molar refractivity (Wildman–Crippen MR) is 74.3 cm³/mol. The van der Waals surface area contributed by atoms with E-state index in [9.17, 15) is 4.79 Å². The van der Waals surface area contributed by atoms with Crippen LogP contribution >= 0.6 is 12.4 Å². The lowest BCUT2D eigenvalue weighted by atomic mass is 9.71. The van der Waals surface area contributed by atoms with Gasteiger partial charge in [0.1, 0.15) is 0 Å². The van der Waals surface area contributed by atoms with Crippen molar-refractivity contribution in [2.45, 2.75) is 38.5 Å². The fourth-order valence-corrected chi connectivity index (χ4v) is 2.51. The first-order valence-electron chi connectivity index (χ1n) is 6.18. The maximum absolute atomic E-state index is 12.0. The average molecular weight is 261 g/mol. The van der Waals surface area contributed by atoms with Crippen molar-refractivity contribution in [1.82, 2.24) is 4.90 Å². The number of likely N-dealkylation sites (N-methyl/N-ethyl adjacent to an activating group) is 1. The lowest BCUT2D eigenvalue weighted by molar-refractivity contribution is -0.132. The molecular formula is C13H25ClN2O. The third kappa shape index (κ3) is 4.68. The molecule has 0 aromatic heterocycles. The average Bonchev–Trinajstić information content (AvgIpc) is 2.30. The maximum Gasteiger partial charge on any atom is 0.223 e. The van der Waals surface area contributed by atoms with Crippen molar-refractivity contribution >= 4 is 18.3 Å². The molecule has 0 saturated heterocycles. The van der Waals surface area contributed by atoms with Gasteiger partial charge >= 0.3 is 0 Å². The molecule has 1 amide bonds. The van der Waals surface area contributed by atoms with Gasteiger partial charge in [-0.25, -0.2) is 0 Å². The summed E-state index contributed by atoms with van der Waals surface area (Å²) in [5.41, 5.74) is 5.94. The van der Waals surface area contributed by atoms with Crippen LogP contribution in [-0.4, -0.2) is 30.9 Å². The molecule has 1 saturated carbocycles. The summed E-state index contributed by atoms with van der Waals surface area (Å²) in [5, 5.41) is 0. The fourth-order valence-electron chi connectivity index (χ4n) is 2.51. The quantitative estimate of drug-likeness (QED) is 0.772. The summed E-state index contributed by atoms with van der Waals surface area (Å²) in [6, 6.07) is 0. The Morgan fingerprint density at radius 3 is 2.47 bits per heavy atom. The van der Waals surface area contributed by atoms with Crippen molar-refractivity contribution in [2.24, 2.45) is 11.1 Å². The topological polar surface area (TPSA) is 46.3 Å². The lowest BCUT2D eigenvalue weighted by Gasteiger charge is -2.36. The van der Waals surface area contributed by atoms with Crippen LogP contribution in [0.2, 0.25) is 0 Å². The number of hydrogen-bond acceptors (Lipinski definition) is 2. The van der Waals surface area contributed by atoms with E-state index in [2.05, 4.69) is 6.58 Å². The van der Waals surface area contributed by atoms with Crippen molar-refractivity contribution in [3.63, 3.8) is 0 Å². The Kier molecular flexibility index (Phi) is 7.48. The monoisotopic (exact) mass is 260 g/mol. The van der Waals surface area contributed by atoms with Crippen LogP contribution in [0.4, 0.5) is 0 Å². The molecule has 0 heterocycles. The highest BCUT2D eigenvalue weighted by atomic mass is 35.5. The normalized spacial score (nSPS) is 18.0. The van der Waals surface area contributed by atoms with Gasteiger partial charge in [-0.15, -0.1) is 19.0 Å². The number of carbonyl (C=O) groups excluding carboxylic acids is 1. The number of carbonyl (C=O) groups is 1. The van der Waals surface area contributed by atoms with Crippen LogP contribution in [0.3, 0.4) is 0 Å². The van der Waals surface area contributed by atoms with Gasteiger partial charge in [0.05, 0.1) is 0 Å². The first-order chi connectivity index (χ1) is 7.63. The van der Waals surface area contributed by atoms with Crippen molar-refractivity contribution < 1.29 is 4.79 Å². The van der Waals surface area contributed by atoms with Gasteiger partial charge in [-0.2, -0.15) is 0 Å². The van der Waals surface area contributed by atoms with E-state index in [-0.39, 0.29) is 23.7 Å². The van der Waals surface area contributed by atoms with E-state index in [4.69, 9.17) is 5.73 Å². The molecule has 0 aromatic carbocycles. The van der Waals surface area contributed by atoms with E-state index in [1.54, 1.807) is 11.0 Å². The Labute approximate surface area is 111 Å². The molecule has 0 spiro atoms. The number of halogens is 1. The highest BCUT2D eigenvalue weighted by molar-refractivity contribution is 5.85. The Balaban J connectivity index is 0.00000256. The van der Waals surface area contributed by atoms with Gasteiger partial charge in [-0.3, -0.25) is 4.79 Å². The SMILES string of the molecule is C=CCN(C)C(=O)CC1(CN)CCCCC1.Cl. The van der Waals surface area contributed by atoms with E-state index in [1.807, 2.05) is 7.05 Å². The van der Waals surface area contributed by atoms with E-state index in [0.717, 1.165) is 12.8 Å². The second-order valence-electron chi connectivity index (χ2n) is 5.00. The number of nitrogens with two attached hydrogens (primary N) is 1. The number of amides is 1. The van der Waals surface area contributed by atoms with Crippen molar-refractivity contribution in [1.29, 1.82) is 0 Å². The zero-order chi connectivity index (χ0) is 12.0. The van der Waals surface area contributed by atoms with E-state index in [1.165, 1.54) is 19.3 Å². The minimum Gasteiger partial charge on any atom is -0.342 e. The van der Waals surface area contributed by atoms with E-state index < -0.39 is 0 Å². The first-order valence-corrected chi connectivity index (χ1v) is 6.18. The number of hydrogen-bond donors (Lipinski definition) is 1. The Morgan fingerprint density at radius 2 is 2.00 bits per heavy atom. The molecule has 1 rings (SSSR count). The molecule has 0 bridgehead atoms. The summed E-state index contributed by atoms with van der Waals surface area (Å²) < 4.78 is 0. The Bertz CT molecular complexity index is 250. The summed E-state index contributed by atoms with van der Waals surface area (Å²) in [6.07, 6.45) is 8.31. The summed E-state index contributed by atoms with van der Waals surface area (Å²) >= 11 is 0. The Hall–Kier alpha value is -0.540. The molecule has 1 aliphatic carbocycles. The van der Waals surface area contributed by atoms with Gasteiger partial charge in [0.2, 0.25) is 5.91 Å². The van der Waals surface area contributed by atoms with Crippen molar-refractivity contribution in [2.75, 3.05) is 20.1 Å². The van der Waals surface area contributed by atoms with Crippen LogP contribution in [0.25, 0.3) is 0 Å². The second-order valence-corrected chi connectivity index (χ2v) is 5.00. The summed E-state index contributed by atoms with van der Waals surface area (Å²) in [5.74, 6) is 0.201. The van der Waals surface area contributed by atoms with Gasteiger partial charge in [0.15, 0.2) is 0 Å². The highest BCUT2D eigenvalue weighted by Crippen LogP contribution is 2.38. The summed E-state index contributed by atoms with van der Waals surface area (Å²) in [4.78, 5) is 13.7. The van der Waals surface area contributed by atoms with Gasteiger partial charge in [0.25, 0.3) is 0 Å². The molecule has 1 aliphatic rings. The van der Waals surface area contributed by atoms with Gasteiger partial charge in [0, 0.05) is 20.0 Å². The van der Waals surface area contributed by atoms with Gasteiger partial charge in [-0.1, -0.05) is 25.3 Å². The molecule has 0 unspecified atom stereocenters. The van der Waals surface area contributed by atoms with Crippen LogP contribution in [0.15, 0.2) is 12.7 Å². The maximum atomic E-state index is 12.0. The fraction of sp³-hybridized carbons (Fsp3) is 0.769. The van der Waals surface area contributed by atoms with Gasteiger partial charge < -0.3 is 10.6 Å². The molecule has 0 atom stereocenters. The predicted octanol–water partition coefficient (Wildman–Crippen LogP) is 2.35. The lowest BCUT2D eigenvalue weighted by Crippen LogP contribution is -2.39. The standard InChI is InChI=1S/C13H24N2O.ClH/c1-3-9-15(2)12(16)10-13(11-14)7-5-4-6-8-13;/h3H,1,4-11,14H2,2H3;1H. The molecule has 100 valence electrons. The van der Waals surface area contributed by atoms with Gasteiger partial charge in [-0.05, 0) is 24.8 Å². The number of rotatable bonds is 5. The minimum atomic E-state index is 0. The molecule has 3 nitrogen and oxygen atoms in total. The van der Waals surface area contributed by atoms with Crippen LogP contribution in [-0.2, 0) is 4.79 Å². The summed E-state index contributed by atoms with van der Waals surface area (Å²) in [7, 11) is 1.83. The highest BCUT2D eigenvalue weighted by Gasteiger charge is 2.33. The zero-order valence-corrected chi connectivity index (χ0v) is 11.6. The van der Waals surface area contributed by atoms with Crippen molar-refractivity contribution in [3.05, 3.63) is 12.7 Å². The molecule has 0 aromatic rings. The Morgan fingerprint density at radius 1 is 1.41 bits per heavy atom. The number of nitrogens with zero attached hydrogens (tertiary/aromatic N) is 1. The molecule has 0 aliphatic heterocycles. The van der Waals surface area contributed by atoms with E-state index in [0.29, 0.717) is 19.5 Å². The molecule has 4 heteroatoms. The molecule has 17 heavy (non-hydrogen) atoms. The van der Waals surface area contributed by atoms with Crippen LogP contribution < -0.4 is 5.73 Å². The molecule has 2 N–H and O–H groups in total. The first kappa shape index (κ1) is 16.5. The van der Waals surface area contributed by atoms with Crippen LogP contribution in [0.5, 0.6) is 0 Å². The third-order valence-electron chi connectivity index (χ3n) is 3.70. The molecule has 1 fully saturated rings. The van der Waals surface area contributed by atoms with Crippen LogP contribution in [0, 0.1) is 5.41 Å². The third-order valence-corrected chi connectivity index (χ3v) is 3.70. The van der Waals surface area contributed by atoms with Crippen molar-refractivity contribution in [3.8, 4) is 0 Å². The smallest absolute Gasteiger partial charge is 0.223 e. The second kappa shape index (κ2) is 7.72.